The zero-order chi connectivity index (χ0) is 24.0. The molecule has 0 aromatic rings. The standard InChI is InChI=1S/C13H20.C7H12O2.C5H10O2.C2H2/c1-9-4-7-13-11(3)10(2)5-6-12(13)8-9;1-2-6-4-3-5-7(8)9-6;1-3-4(2)5(6)7;1-2/h5-6,8-11,13H,4,7H2,1-3H3;6H,2-5H2,1H3;4H,3H2,1-2H3,(H,6,7);1-2H/t9-,10+,11+,13-;6-;4-;/m110./s1. The van der Waals surface area contributed by atoms with Crippen LogP contribution < -0.4 is 0 Å². The zero-order valence-corrected chi connectivity index (χ0v) is 20.5. The maximum absolute atomic E-state index is 10.6. The van der Waals surface area contributed by atoms with Crippen molar-refractivity contribution in [2.45, 2.75) is 92.6 Å². The number of carboxylic acid groups (broad SMARTS) is 1. The minimum absolute atomic E-state index is 0.0203. The molecule has 4 nitrogen and oxygen atoms in total. The highest BCUT2D eigenvalue weighted by Gasteiger charge is 2.29. The van der Waals surface area contributed by atoms with Crippen molar-refractivity contribution >= 4 is 11.9 Å². The Hall–Kier alpha value is -2.02. The van der Waals surface area contributed by atoms with E-state index in [1.165, 1.54) is 12.8 Å². The number of allylic oxidation sites excluding steroid dienone is 4. The van der Waals surface area contributed by atoms with Gasteiger partial charge in [0.15, 0.2) is 0 Å². The van der Waals surface area contributed by atoms with Crippen molar-refractivity contribution in [3.05, 3.63) is 23.8 Å². The molecule has 0 unspecified atom stereocenters. The van der Waals surface area contributed by atoms with Crippen molar-refractivity contribution in [1.29, 1.82) is 0 Å². The van der Waals surface area contributed by atoms with Gasteiger partial charge in [0.2, 0.25) is 0 Å². The van der Waals surface area contributed by atoms with Crippen LogP contribution in [0.25, 0.3) is 0 Å². The first-order valence-corrected chi connectivity index (χ1v) is 11.8. The van der Waals surface area contributed by atoms with E-state index in [1.807, 2.05) is 13.8 Å². The summed E-state index contributed by atoms with van der Waals surface area (Å²) in [7, 11) is 0. The molecule has 1 N–H and O–H groups in total. The van der Waals surface area contributed by atoms with Gasteiger partial charge in [-0.05, 0) is 67.8 Å². The van der Waals surface area contributed by atoms with E-state index < -0.39 is 5.97 Å². The van der Waals surface area contributed by atoms with Gasteiger partial charge in [0, 0.05) is 6.42 Å². The SMILES string of the molecule is C#C.CC[C@@H]1CCCC(=O)O1.CC[C@H](C)C(=O)O.C[C@H]1[C@@H](C)C=CC2=C[C@H](C)CC[C@@H]21. The maximum Gasteiger partial charge on any atom is 0.306 e. The summed E-state index contributed by atoms with van der Waals surface area (Å²) in [5, 5.41) is 8.18. The summed E-state index contributed by atoms with van der Waals surface area (Å²) in [6.07, 6.45) is 22.6. The number of carbonyl (C=O) groups is 2. The van der Waals surface area contributed by atoms with Gasteiger partial charge in [-0.25, -0.2) is 0 Å². The quantitative estimate of drug-likeness (QED) is 0.400. The van der Waals surface area contributed by atoms with Gasteiger partial charge in [-0.2, -0.15) is 0 Å². The van der Waals surface area contributed by atoms with Gasteiger partial charge in [0.05, 0.1) is 5.92 Å². The predicted molar refractivity (Wildman–Crippen MR) is 128 cm³/mol. The molecule has 1 saturated heterocycles. The molecule has 0 bridgehead atoms. The molecule has 0 aromatic heterocycles. The Morgan fingerprint density at radius 1 is 1.19 bits per heavy atom. The summed E-state index contributed by atoms with van der Waals surface area (Å²) in [6.45, 7) is 12.7. The van der Waals surface area contributed by atoms with Crippen LogP contribution in [0.3, 0.4) is 0 Å². The highest BCUT2D eigenvalue weighted by molar-refractivity contribution is 5.70. The van der Waals surface area contributed by atoms with Gasteiger partial charge in [-0.15, -0.1) is 12.8 Å². The molecule has 0 amide bonds. The van der Waals surface area contributed by atoms with E-state index in [2.05, 4.69) is 51.8 Å². The van der Waals surface area contributed by atoms with Crippen molar-refractivity contribution in [2.24, 2.45) is 29.6 Å². The van der Waals surface area contributed by atoms with Crippen LogP contribution in [0.1, 0.15) is 86.5 Å². The van der Waals surface area contributed by atoms with Gasteiger partial charge in [0.25, 0.3) is 0 Å². The molecule has 6 atom stereocenters. The molecule has 1 heterocycles. The van der Waals surface area contributed by atoms with Gasteiger partial charge >= 0.3 is 11.9 Å². The number of ether oxygens (including phenoxy) is 1. The first-order chi connectivity index (χ1) is 14.7. The third kappa shape index (κ3) is 10.7. The van der Waals surface area contributed by atoms with Crippen molar-refractivity contribution in [3.63, 3.8) is 0 Å². The number of carbonyl (C=O) groups excluding carboxylic acids is 1. The Bertz CT molecular complexity index is 616. The summed E-state index contributed by atoms with van der Waals surface area (Å²) in [5.74, 6) is 2.38. The monoisotopic (exact) mass is 432 g/mol. The third-order valence-electron chi connectivity index (χ3n) is 6.59. The molecule has 1 fully saturated rings. The second-order valence-corrected chi connectivity index (χ2v) is 8.97. The highest BCUT2D eigenvalue weighted by atomic mass is 16.5. The summed E-state index contributed by atoms with van der Waals surface area (Å²) in [6, 6.07) is 0. The lowest BCUT2D eigenvalue weighted by atomic mass is 9.69. The lowest BCUT2D eigenvalue weighted by Gasteiger charge is -2.36. The smallest absolute Gasteiger partial charge is 0.306 e. The number of aliphatic carboxylic acids is 1. The van der Waals surface area contributed by atoms with Crippen LogP contribution in [-0.4, -0.2) is 23.1 Å². The Morgan fingerprint density at radius 3 is 2.29 bits per heavy atom. The van der Waals surface area contributed by atoms with Crippen LogP contribution in [0.4, 0.5) is 0 Å². The fourth-order valence-electron chi connectivity index (χ4n) is 3.93. The molecule has 0 saturated carbocycles. The van der Waals surface area contributed by atoms with Crippen LogP contribution in [0.5, 0.6) is 0 Å². The van der Waals surface area contributed by atoms with Crippen LogP contribution >= 0.6 is 0 Å². The Kier molecular flexibility index (Phi) is 14.7. The van der Waals surface area contributed by atoms with E-state index in [1.54, 1.807) is 12.5 Å². The molecule has 0 aromatic carbocycles. The van der Waals surface area contributed by atoms with Gasteiger partial charge in [-0.3, -0.25) is 9.59 Å². The molecule has 2 aliphatic carbocycles. The third-order valence-corrected chi connectivity index (χ3v) is 6.59. The van der Waals surface area contributed by atoms with E-state index >= 15 is 0 Å². The van der Waals surface area contributed by atoms with E-state index in [0.717, 1.165) is 49.4 Å². The maximum atomic E-state index is 10.6. The number of rotatable bonds is 3. The first kappa shape index (κ1) is 29.0. The fourth-order valence-corrected chi connectivity index (χ4v) is 3.93. The van der Waals surface area contributed by atoms with Gasteiger partial charge in [0.1, 0.15) is 6.10 Å². The number of carboxylic acids is 1. The molecule has 3 aliphatic rings. The van der Waals surface area contributed by atoms with Gasteiger partial charge in [-0.1, -0.05) is 59.8 Å². The van der Waals surface area contributed by atoms with E-state index in [4.69, 9.17) is 9.84 Å². The number of terminal acetylenes is 1. The molecule has 0 spiro atoms. The van der Waals surface area contributed by atoms with E-state index in [0.29, 0.717) is 6.42 Å². The Balaban J connectivity index is 0.000000441. The average Bonchev–Trinajstić information content (AvgIpc) is 2.78. The highest BCUT2D eigenvalue weighted by Crippen LogP contribution is 2.40. The number of hydrogen-bond donors (Lipinski definition) is 1. The molecule has 176 valence electrons. The van der Waals surface area contributed by atoms with Crippen LogP contribution in [0.2, 0.25) is 0 Å². The van der Waals surface area contributed by atoms with Crippen LogP contribution in [0, 0.1) is 42.4 Å². The van der Waals surface area contributed by atoms with Crippen molar-refractivity contribution in [1.82, 2.24) is 0 Å². The van der Waals surface area contributed by atoms with E-state index in [-0.39, 0.29) is 18.0 Å². The Morgan fingerprint density at radius 2 is 1.84 bits per heavy atom. The van der Waals surface area contributed by atoms with Crippen molar-refractivity contribution in [3.8, 4) is 12.8 Å². The second-order valence-electron chi connectivity index (χ2n) is 8.97. The minimum Gasteiger partial charge on any atom is -0.481 e. The first-order valence-electron chi connectivity index (χ1n) is 11.8. The molecule has 1 aliphatic heterocycles. The minimum atomic E-state index is -0.706. The van der Waals surface area contributed by atoms with Gasteiger partial charge < -0.3 is 9.84 Å². The predicted octanol–water partition coefficient (Wildman–Crippen LogP) is 6.66. The number of esters is 1. The topological polar surface area (TPSA) is 63.6 Å². The summed E-state index contributed by atoms with van der Waals surface area (Å²) in [5.41, 5.74) is 1.62. The lowest BCUT2D eigenvalue weighted by molar-refractivity contribution is -0.153. The summed E-state index contributed by atoms with van der Waals surface area (Å²) in [4.78, 5) is 20.5. The largest absolute Gasteiger partial charge is 0.481 e. The van der Waals surface area contributed by atoms with E-state index in [9.17, 15) is 9.59 Å². The Labute approximate surface area is 190 Å². The number of fused-ring (bicyclic) bond motifs is 1. The summed E-state index contributed by atoms with van der Waals surface area (Å²) < 4.78 is 5.00. The number of hydrogen-bond acceptors (Lipinski definition) is 3. The molecule has 31 heavy (non-hydrogen) atoms. The number of cyclic esters (lactones) is 1. The fraction of sp³-hybridized carbons (Fsp3) is 0.704. The van der Waals surface area contributed by atoms with Crippen LogP contribution in [0.15, 0.2) is 23.8 Å². The molecule has 3 rings (SSSR count). The molecule has 4 heteroatoms. The molecular weight excluding hydrogens is 388 g/mol. The molecule has 0 radical (unpaired) electrons. The molecular formula is C27H44O4. The lowest BCUT2D eigenvalue weighted by Crippen LogP contribution is -2.26. The zero-order valence-electron chi connectivity index (χ0n) is 20.5. The van der Waals surface area contributed by atoms with Crippen LogP contribution in [-0.2, 0) is 14.3 Å². The second kappa shape index (κ2) is 15.7. The summed E-state index contributed by atoms with van der Waals surface area (Å²) >= 11 is 0. The van der Waals surface area contributed by atoms with Crippen molar-refractivity contribution < 1.29 is 19.4 Å². The normalized spacial score (nSPS) is 29.6. The van der Waals surface area contributed by atoms with Crippen molar-refractivity contribution in [2.75, 3.05) is 0 Å². The average molecular weight is 433 g/mol.